The minimum Gasteiger partial charge on any atom is -0.408 e. The summed E-state index contributed by atoms with van der Waals surface area (Å²) in [5, 5.41) is -0.0222. The van der Waals surface area contributed by atoms with Gasteiger partial charge in [0.05, 0.1) is 24.1 Å². The molecule has 1 unspecified atom stereocenters. The first kappa shape index (κ1) is 23.5. The van der Waals surface area contributed by atoms with Gasteiger partial charge in [-0.05, 0) is 24.5 Å². The number of rotatable bonds is 5. The summed E-state index contributed by atoms with van der Waals surface area (Å²) >= 11 is 0.800. The summed E-state index contributed by atoms with van der Waals surface area (Å²) in [5.74, 6) is 4.33. The number of benzene rings is 2. The van der Waals surface area contributed by atoms with Crippen molar-refractivity contribution >= 4 is 37.8 Å². The molecule has 5 rings (SSSR count). The van der Waals surface area contributed by atoms with E-state index in [1.54, 1.807) is 30.1 Å². The van der Waals surface area contributed by atoms with Gasteiger partial charge >= 0.3 is 5.76 Å². The third kappa shape index (κ3) is 4.28. The minimum atomic E-state index is -4.33. The number of oxazole rings is 1. The van der Waals surface area contributed by atoms with Crippen molar-refractivity contribution in [3.8, 4) is 11.8 Å². The highest BCUT2D eigenvalue weighted by Gasteiger charge is 2.26. The molecule has 0 fully saturated rings. The Morgan fingerprint density at radius 1 is 1.22 bits per heavy atom. The van der Waals surface area contributed by atoms with E-state index in [0.29, 0.717) is 16.8 Å². The number of nitrogens with one attached hydrogen (secondary N) is 1. The summed E-state index contributed by atoms with van der Waals surface area (Å²) in [6.45, 7) is 1.75. The number of fused-ring (bicyclic) bond motifs is 1. The molecule has 0 bridgehead atoms. The predicted molar refractivity (Wildman–Crippen MR) is 131 cm³/mol. The summed E-state index contributed by atoms with van der Waals surface area (Å²) < 4.78 is 54.7. The summed E-state index contributed by atoms with van der Waals surface area (Å²) in [6, 6.07) is 8.59. The van der Waals surface area contributed by atoms with E-state index < -0.39 is 32.5 Å². The van der Waals surface area contributed by atoms with Crippen molar-refractivity contribution in [1.82, 2.24) is 23.5 Å². The number of imidazole rings is 1. The van der Waals surface area contributed by atoms with Gasteiger partial charge in [-0.25, -0.2) is 27.6 Å². The van der Waals surface area contributed by atoms with Crippen LogP contribution >= 0.6 is 11.5 Å². The van der Waals surface area contributed by atoms with Crippen LogP contribution in [0.3, 0.4) is 0 Å². The van der Waals surface area contributed by atoms with Crippen LogP contribution in [0.15, 0.2) is 69.4 Å². The van der Waals surface area contributed by atoms with E-state index in [9.17, 15) is 13.2 Å². The van der Waals surface area contributed by atoms with E-state index in [1.807, 2.05) is 25.2 Å². The third-order valence-electron chi connectivity index (χ3n) is 5.48. The van der Waals surface area contributed by atoms with Crippen molar-refractivity contribution in [1.29, 1.82) is 0 Å². The highest BCUT2D eigenvalue weighted by Crippen LogP contribution is 2.29. The zero-order valence-corrected chi connectivity index (χ0v) is 20.5. The lowest BCUT2D eigenvalue weighted by Gasteiger charge is -2.15. The van der Waals surface area contributed by atoms with Crippen LogP contribution in [0.1, 0.15) is 29.8 Å². The molecule has 0 radical (unpaired) electrons. The summed E-state index contributed by atoms with van der Waals surface area (Å²) in [7, 11) is -2.51. The van der Waals surface area contributed by atoms with Gasteiger partial charge in [0.2, 0.25) is 5.13 Å². The maximum atomic E-state index is 15.1. The van der Waals surface area contributed by atoms with Crippen LogP contribution in [-0.4, -0.2) is 31.9 Å². The van der Waals surface area contributed by atoms with Crippen LogP contribution < -0.4 is 10.5 Å². The Morgan fingerprint density at radius 3 is 2.75 bits per heavy atom. The number of nitrogens with zero attached hydrogens (tertiary/aromatic N) is 5. The Labute approximate surface area is 208 Å². The van der Waals surface area contributed by atoms with Crippen LogP contribution in [0.25, 0.3) is 11.1 Å². The largest absolute Gasteiger partial charge is 0.420 e. The second-order valence-electron chi connectivity index (χ2n) is 7.74. The number of sulfonamides is 1. The molecule has 0 amide bonds. The fourth-order valence-electron chi connectivity index (χ4n) is 3.72. The molecule has 1 N–H and O–H groups in total. The van der Waals surface area contributed by atoms with Crippen molar-refractivity contribution in [3.63, 3.8) is 0 Å². The molecule has 1 atom stereocenters. The zero-order chi connectivity index (χ0) is 25.4. The average molecular weight is 525 g/mol. The normalized spacial score (nSPS) is 12.3. The van der Waals surface area contributed by atoms with E-state index in [-0.39, 0.29) is 16.2 Å². The molecule has 0 saturated heterocycles. The lowest BCUT2D eigenvalue weighted by molar-refractivity contribution is 0.489. The number of aryl methyl sites for hydroxylation is 1. The smallest absolute Gasteiger partial charge is 0.408 e. The van der Waals surface area contributed by atoms with Crippen molar-refractivity contribution in [3.05, 3.63) is 88.4 Å². The fraction of sp³-hybridized carbons (Fsp3) is 0.130. The van der Waals surface area contributed by atoms with E-state index >= 15 is 4.39 Å². The first-order valence-electron chi connectivity index (χ1n) is 10.5. The maximum Gasteiger partial charge on any atom is 0.420 e. The molecule has 10 nitrogen and oxygen atoms in total. The van der Waals surface area contributed by atoms with E-state index in [2.05, 4.69) is 30.9 Å². The number of halogens is 1. The summed E-state index contributed by atoms with van der Waals surface area (Å²) in [6.07, 6.45) is 4.45. The molecule has 0 spiro atoms. The topological polar surface area (TPSA) is 125 Å². The Bertz CT molecular complexity index is 1810. The minimum absolute atomic E-state index is 0.0222. The van der Waals surface area contributed by atoms with Gasteiger partial charge in [-0.3, -0.25) is 9.29 Å². The number of hydrogen-bond donors (Lipinski definition) is 1. The second kappa shape index (κ2) is 9.06. The van der Waals surface area contributed by atoms with Gasteiger partial charge < -0.3 is 8.98 Å². The van der Waals surface area contributed by atoms with Gasteiger partial charge in [0.15, 0.2) is 5.58 Å². The predicted octanol–water partition coefficient (Wildman–Crippen LogP) is 3.13. The standard InChI is InChI=1S/C23H17FN6O4S2/c1-14(17-6-4-3-5-15(17)7-8-16-11-25-13-29(16)2)30-19-9-18(24)21(10-20(19)34-23(30)31)36(32,33)28-22-26-12-27-35-22/h3-6,9-14H,1-2H3,(H,26,27,28). The number of aromatic nitrogens is 5. The van der Waals surface area contributed by atoms with Crippen molar-refractivity contribution in [2.45, 2.75) is 17.9 Å². The van der Waals surface area contributed by atoms with Crippen molar-refractivity contribution in [2.75, 3.05) is 4.72 Å². The molecule has 3 heterocycles. The average Bonchev–Trinajstić information content (AvgIpc) is 3.57. The lowest BCUT2D eigenvalue weighted by atomic mass is 10.0. The molecule has 36 heavy (non-hydrogen) atoms. The Kier molecular flexibility index (Phi) is 5.91. The van der Waals surface area contributed by atoms with Crippen molar-refractivity contribution < 1.29 is 17.2 Å². The number of anilines is 1. The maximum absolute atomic E-state index is 15.1. The highest BCUT2D eigenvalue weighted by atomic mass is 32.2. The Hall–Kier alpha value is -4.28. The van der Waals surface area contributed by atoms with Crippen LogP contribution in [0.5, 0.6) is 0 Å². The quantitative estimate of drug-likeness (QED) is 0.350. The Balaban J connectivity index is 1.57. The molecule has 13 heteroatoms. The molecule has 3 aromatic heterocycles. The molecule has 0 aliphatic rings. The SMILES string of the molecule is CC(c1ccccc1C#Cc1cncn1C)n1c(=O)oc2cc(S(=O)(=O)Nc3ncns3)c(F)cc21. The van der Waals surface area contributed by atoms with Gasteiger partial charge in [0.25, 0.3) is 10.0 Å². The highest BCUT2D eigenvalue weighted by molar-refractivity contribution is 7.93. The molecule has 5 aromatic rings. The van der Waals surface area contributed by atoms with Gasteiger partial charge in [-0.1, -0.05) is 24.1 Å². The molecule has 182 valence electrons. The van der Waals surface area contributed by atoms with E-state index in [0.717, 1.165) is 23.7 Å². The monoisotopic (exact) mass is 524 g/mol. The van der Waals surface area contributed by atoms with Crippen LogP contribution in [0, 0.1) is 17.7 Å². The van der Waals surface area contributed by atoms with Crippen LogP contribution in [0.2, 0.25) is 0 Å². The first-order chi connectivity index (χ1) is 17.2. The van der Waals surface area contributed by atoms with Crippen LogP contribution in [-0.2, 0) is 17.1 Å². The third-order valence-corrected chi connectivity index (χ3v) is 7.54. The second-order valence-corrected chi connectivity index (χ2v) is 10.2. The van der Waals surface area contributed by atoms with Gasteiger partial charge in [-0.15, -0.1) is 0 Å². The van der Waals surface area contributed by atoms with Gasteiger partial charge in [0.1, 0.15) is 22.7 Å². The molecule has 0 aliphatic heterocycles. The molecule has 2 aromatic carbocycles. The molecule has 0 saturated carbocycles. The van der Waals surface area contributed by atoms with Crippen LogP contribution in [0.4, 0.5) is 9.52 Å². The van der Waals surface area contributed by atoms with Crippen molar-refractivity contribution in [2.24, 2.45) is 7.05 Å². The van der Waals surface area contributed by atoms with E-state index in [1.165, 1.54) is 10.9 Å². The molecular weight excluding hydrogens is 507 g/mol. The summed E-state index contributed by atoms with van der Waals surface area (Å²) in [4.78, 5) is 19.9. The fourth-order valence-corrected chi connectivity index (χ4v) is 5.46. The summed E-state index contributed by atoms with van der Waals surface area (Å²) in [5.41, 5.74) is 2.10. The Morgan fingerprint density at radius 2 is 2.03 bits per heavy atom. The van der Waals surface area contributed by atoms with E-state index in [4.69, 9.17) is 4.42 Å². The first-order valence-corrected chi connectivity index (χ1v) is 12.7. The lowest BCUT2D eigenvalue weighted by Crippen LogP contribution is -2.20. The molecule has 0 aliphatic carbocycles. The van der Waals surface area contributed by atoms with Gasteiger partial charge in [-0.2, -0.15) is 4.37 Å². The zero-order valence-electron chi connectivity index (χ0n) is 18.8. The molecular formula is C23H17FN6O4S2. The number of hydrogen-bond acceptors (Lipinski definition) is 8. The van der Waals surface area contributed by atoms with Gasteiger partial charge in [0, 0.05) is 36.3 Å².